The van der Waals surface area contributed by atoms with Crippen molar-refractivity contribution < 1.29 is 19.1 Å². The summed E-state index contributed by atoms with van der Waals surface area (Å²) in [7, 11) is 1.38. The second kappa shape index (κ2) is 8.80. The van der Waals surface area contributed by atoms with Crippen molar-refractivity contribution in [3.05, 3.63) is 45.3 Å². The van der Waals surface area contributed by atoms with E-state index in [9.17, 15) is 9.59 Å². The van der Waals surface area contributed by atoms with Crippen molar-refractivity contribution in [2.75, 3.05) is 19.0 Å². The topological polar surface area (TPSA) is 64.6 Å². The van der Waals surface area contributed by atoms with Gasteiger partial charge in [-0.15, -0.1) is 11.3 Å². The molecule has 1 aromatic heterocycles. The highest BCUT2D eigenvalue weighted by Gasteiger charge is 2.34. The lowest BCUT2D eigenvalue weighted by Crippen LogP contribution is -2.26. The summed E-state index contributed by atoms with van der Waals surface area (Å²) in [5, 5.41) is 3.46. The van der Waals surface area contributed by atoms with Gasteiger partial charge in [-0.05, 0) is 67.2 Å². The summed E-state index contributed by atoms with van der Waals surface area (Å²) >= 11 is 1.49. The van der Waals surface area contributed by atoms with Crippen LogP contribution in [0.25, 0.3) is 0 Å². The Morgan fingerprint density at radius 1 is 1.23 bits per heavy atom. The molecule has 0 spiro atoms. The number of amides is 1. The van der Waals surface area contributed by atoms with Crippen molar-refractivity contribution in [2.45, 2.75) is 53.9 Å². The quantitative estimate of drug-likeness (QED) is 0.653. The summed E-state index contributed by atoms with van der Waals surface area (Å²) in [6.07, 6.45) is 2.77. The first-order valence-corrected chi connectivity index (χ1v) is 11.1. The summed E-state index contributed by atoms with van der Waals surface area (Å²) in [4.78, 5) is 26.3. The minimum Gasteiger partial charge on any atom is -0.483 e. The number of hydrogen-bond acceptors (Lipinski definition) is 5. The highest BCUT2D eigenvalue weighted by Crippen LogP contribution is 2.44. The van der Waals surface area contributed by atoms with E-state index in [4.69, 9.17) is 9.47 Å². The van der Waals surface area contributed by atoms with Crippen LogP contribution in [0.4, 0.5) is 5.00 Å². The minimum atomic E-state index is -0.396. The Labute approximate surface area is 182 Å². The molecule has 0 aliphatic heterocycles. The molecular weight excluding hydrogens is 398 g/mol. The summed E-state index contributed by atoms with van der Waals surface area (Å²) in [6, 6.07) is 5.89. The van der Waals surface area contributed by atoms with Crippen LogP contribution in [0.5, 0.6) is 5.75 Å². The number of anilines is 1. The number of rotatable bonds is 5. The first-order valence-electron chi connectivity index (χ1n) is 10.3. The fourth-order valence-corrected chi connectivity index (χ4v) is 5.23. The van der Waals surface area contributed by atoms with Crippen molar-refractivity contribution in [1.29, 1.82) is 0 Å². The van der Waals surface area contributed by atoms with E-state index >= 15 is 0 Å². The molecule has 1 aromatic carbocycles. The summed E-state index contributed by atoms with van der Waals surface area (Å²) < 4.78 is 10.7. The van der Waals surface area contributed by atoms with Crippen LogP contribution in [0, 0.1) is 25.2 Å². The predicted octanol–water partition coefficient (Wildman–Crippen LogP) is 5.32. The lowest BCUT2D eigenvalue weighted by molar-refractivity contribution is -0.118. The molecule has 0 bridgehead atoms. The molecule has 0 radical (unpaired) electrons. The number of fused-ring (bicyclic) bond motifs is 1. The number of esters is 1. The largest absolute Gasteiger partial charge is 0.483 e. The molecule has 1 N–H and O–H groups in total. The number of aryl methyl sites for hydroxylation is 2. The standard InChI is InChI=1S/C24H31NO4S/c1-14-7-8-15(2)18(11-14)29-13-20(26)25-22-21(23(27)28-6)17-10-9-16(24(3,4)5)12-19(17)30-22/h7-8,11,16H,9-10,12-13H2,1-6H3,(H,25,26). The third kappa shape index (κ3) is 4.86. The zero-order valence-corrected chi connectivity index (χ0v) is 19.5. The van der Waals surface area contributed by atoms with E-state index in [1.807, 2.05) is 32.0 Å². The van der Waals surface area contributed by atoms with Crippen molar-refractivity contribution in [3.8, 4) is 5.75 Å². The Bertz CT molecular complexity index is 955. The average molecular weight is 430 g/mol. The van der Waals surface area contributed by atoms with Gasteiger partial charge >= 0.3 is 5.97 Å². The molecule has 1 atom stereocenters. The van der Waals surface area contributed by atoms with Crippen LogP contribution in [0.15, 0.2) is 18.2 Å². The maximum Gasteiger partial charge on any atom is 0.341 e. The third-order valence-corrected chi connectivity index (χ3v) is 7.00. The highest BCUT2D eigenvalue weighted by atomic mass is 32.1. The van der Waals surface area contributed by atoms with Crippen LogP contribution in [-0.4, -0.2) is 25.6 Å². The van der Waals surface area contributed by atoms with Gasteiger partial charge in [-0.25, -0.2) is 4.79 Å². The number of carbonyl (C=O) groups excluding carboxylic acids is 2. The number of hydrogen-bond donors (Lipinski definition) is 1. The second-order valence-electron chi connectivity index (χ2n) is 9.11. The monoisotopic (exact) mass is 429 g/mol. The average Bonchev–Trinajstić information content (AvgIpc) is 3.04. The van der Waals surface area contributed by atoms with Gasteiger partial charge in [0, 0.05) is 4.88 Å². The van der Waals surface area contributed by atoms with Crippen LogP contribution in [-0.2, 0) is 22.4 Å². The second-order valence-corrected chi connectivity index (χ2v) is 10.2. The zero-order valence-electron chi connectivity index (χ0n) is 18.7. The van der Waals surface area contributed by atoms with E-state index in [0.29, 0.717) is 22.2 Å². The third-order valence-electron chi connectivity index (χ3n) is 5.83. The van der Waals surface area contributed by atoms with Gasteiger partial charge in [-0.3, -0.25) is 4.79 Å². The van der Waals surface area contributed by atoms with Crippen LogP contribution in [0.2, 0.25) is 0 Å². The van der Waals surface area contributed by atoms with E-state index in [1.165, 1.54) is 23.3 Å². The molecule has 3 rings (SSSR count). The van der Waals surface area contributed by atoms with Crippen LogP contribution in [0.3, 0.4) is 0 Å². The molecule has 6 heteroatoms. The molecule has 162 valence electrons. The fraction of sp³-hybridized carbons (Fsp3) is 0.500. The SMILES string of the molecule is COC(=O)c1c(NC(=O)COc2cc(C)ccc2C)sc2c1CCC(C(C)(C)C)C2. The highest BCUT2D eigenvalue weighted by molar-refractivity contribution is 7.17. The molecule has 1 unspecified atom stereocenters. The van der Waals surface area contributed by atoms with Gasteiger partial charge in [0.25, 0.3) is 5.91 Å². The van der Waals surface area contributed by atoms with E-state index < -0.39 is 5.97 Å². The number of methoxy groups -OCH3 is 1. The molecular formula is C24H31NO4S. The van der Waals surface area contributed by atoms with Gasteiger partial charge in [0.1, 0.15) is 10.8 Å². The van der Waals surface area contributed by atoms with Gasteiger partial charge in [0.2, 0.25) is 0 Å². The van der Waals surface area contributed by atoms with Gasteiger partial charge < -0.3 is 14.8 Å². The summed E-state index contributed by atoms with van der Waals surface area (Å²) in [5.74, 6) is 0.557. The molecule has 1 aliphatic carbocycles. The van der Waals surface area contributed by atoms with E-state index in [-0.39, 0.29) is 17.9 Å². The fourth-order valence-electron chi connectivity index (χ4n) is 3.90. The maximum absolute atomic E-state index is 12.6. The van der Waals surface area contributed by atoms with Crippen molar-refractivity contribution >= 4 is 28.2 Å². The molecule has 1 aliphatic rings. The first-order chi connectivity index (χ1) is 14.1. The Morgan fingerprint density at radius 3 is 2.63 bits per heavy atom. The predicted molar refractivity (Wildman–Crippen MR) is 121 cm³/mol. The molecule has 0 saturated heterocycles. The normalized spacial score (nSPS) is 16.0. The number of benzene rings is 1. The van der Waals surface area contributed by atoms with Gasteiger partial charge in [0.05, 0.1) is 12.7 Å². The van der Waals surface area contributed by atoms with E-state index in [0.717, 1.165) is 36.0 Å². The summed E-state index contributed by atoms with van der Waals surface area (Å²) in [5.41, 5.74) is 3.78. The molecule has 30 heavy (non-hydrogen) atoms. The van der Waals surface area contributed by atoms with Gasteiger partial charge in [-0.1, -0.05) is 32.9 Å². The van der Waals surface area contributed by atoms with Crippen molar-refractivity contribution in [2.24, 2.45) is 11.3 Å². The minimum absolute atomic E-state index is 0.113. The number of carbonyl (C=O) groups is 2. The smallest absolute Gasteiger partial charge is 0.341 e. The lowest BCUT2D eigenvalue weighted by atomic mass is 9.72. The Balaban J connectivity index is 1.78. The number of ether oxygens (including phenoxy) is 2. The van der Waals surface area contributed by atoms with Gasteiger partial charge in [0.15, 0.2) is 6.61 Å². The number of nitrogens with one attached hydrogen (secondary N) is 1. The Morgan fingerprint density at radius 2 is 1.97 bits per heavy atom. The van der Waals surface area contributed by atoms with Crippen molar-refractivity contribution in [1.82, 2.24) is 0 Å². The maximum atomic E-state index is 12.6. The zero-order chi connectivity index (χ0) is 22.1. The van der Waals surface area contributed by atoms with E-state index in [2.05, 4.69) is 26.1 Å². The Kier molecular flexibility index (Phi) is 6.56. The molecule has 0 saturated carbocycles. The van der Waals surface area contributed by atoms with Gasteiger partial charge in [-0.2, -0.15) is 0 Å². The lowest BCUT2D eigenvalue weighted by Gasteiger charge is -2.33. The molecule has 5 nitrogen and oxygen atoms in total. The van der Waals surface area contributed by atoms with Crippen molar-refractivity contribution in [3.63, 3.8) is 0 Å². The van der Waals surface area contributed by atoms with Crippen LogP contribution < -0.4 is 10.1 Å². The van der Waals surface area contributed by atoms with E-state index in [1.54, 1.807) is 0 Å². The molecule has 2 aromatic rings. The number of thiophene rings is 1. The molecule has 1 amide bonds. The molecule has 1 heterocycles. The first kappa shape index (κ1) is 22.3. The van der Waals surface area contributed by atoms with Crippen LogP contribution >= 0.6 is 11.3 Å². The summed E-state index contributed by atoms with van der Waals surface area (Å²) in [6.45, 7) is 10.6. The molecule has 0 fully saturated rings. The Hall–Kier alpha value is -2.34. The van der Waals surface area contributed by atoms with Crippen LogP contribution in [0.1, 0.15) is 59.1 Å².